The Morgan fingerprint density at radius 1 is 1.37 bits per heavy atom. The van der Waals surface area contributed by atoms with Crippen LogP contribution in [0.3, 0.4) is 0 Å². The van der Waals surface area contributed by atoms with Crippen LogP contribution in [-0.4, -0.2) is 21.0 Å². The van der Waals surface area contributed by atoms with Crippen molar-refractivity contribution in [2.45, 2.75) is 6.92 Å². The van der Waals surface area contributed by atoms with Crippen molar-refractivity contribution in [1.82, 2.24) is 9.97 Å². The van der Waals surface area contributed by atoms with Gasteiger partial charge >= 0.3 is 0 Å². The maximum absolute atomic E-state index is 8.68. The first-order valence-electron chi connectivity index (χ1n) is 5.34. The SMILES string of the molecule is Cc1ccc(Oc2nccnc2C(N)=NO)c(Cl)c1. The number of oxime groups is 1. The number of amidine groups is 1. The molecule has 0 amide bonds. The molecule has 1 heterocycles. The highest BCUT2D eigenvalue weighted by molar-refractivity contribution is 6.32. The lowest BCUT2D eigenvalue weighted by Gasteiger charge is -2.09. The summed E-state index contributed by atoms with van der Waals surface area (Å²) in [7, 11) is 0. The van der Waals surface area contributed by atoms with Crippen LogP contribution in [0.15, 0.2) is 35.7 Å². The smallest absolute Gasteiger partial charge is 0.249 e. The van der Waals surface area contributed by atoms with Gasteiger partial charge in [0.15, 0.2) is 11.5 Å². The molecule has 2 aromatic rings. The third-order valence-electron chi connectivity index (χ3n) is 2.31. The van der Waals surface area contributed by atoms with E-state index in [9.17, 15) is 0 Å². The summed E-state index contributed by atoms with van der Waals surface area (Å²) in [5, 5.41) is 12.0. The number of hydrogen-bond acceptors (Lipinski definition) is 5. The van der Waals surface area contributed by atoms with Crippen molar-refractivity contribution in [3.05, 3.63) is 46.9 Å². The minimum absolute atomic E-state index is 0.114. The van der Waals surface area contributed by atoms with Gasteiger partial charge in [0.1, 0.15) is 5.75 Å². The molecule has 0 saturated heterocycles. The number of ether oxygens (including phenoxy) is 1. The monoisotopic (exact) mass is 278 g/mol. The van der Waals surface area contributed by atoms with E-state index in [4.69, 9.17) is 27.3 Å². The molecule has 0 atom stereocenters. The second kappa shape index (κ2) is 5.53. The van der Waals surface area contributed by atoms with Crippen LogP contribution in [0.4, 0.5) is 0 Å². The van der Waals surface area contributed by atoms with E-state index in [0.717, 1.165) is 5.56 Å². The Labute approximate surface area is 114 Å². The maximum atomic E-state index is 8.68. The van der Waals surface area contributed by atoms with E-state index < -0.39 is 0 Å². The zero-order valence-corrected chi connectivity index (χ0v) is 10.8. The second-order valence-electron chi connectivity index (χ2n) is 3.73. The van der Waals surface area contributed by atoms with Crippen molar-refractivity contribution in [3.8, 4) is 11.6 Å². The molecule has 98 valence electrons. The van der Waals surface area contributed by atoms with E-state index in [2.05, 4.69) is 15.1 Å². The van der Waals surface area contributed by atoms with Gasteiger partial charge in [0.2, 0.25) is 5.88 Å². The number of aromatic nitrogens is 2. The number of hydrogen-bond donors (Lipinski definition) is 2. The fourth-order valence-electron chi connectivity index (χ4n) is 1.42. The van der Waals surface area contributed by atoms with Crippen LogP contribution in [-0.2, 0) is 0 Å². The molecule has 0 aliphatic rings. The molecule has 2 rings (SSSR count). The first-order valence-corrected chi connectivity index (χ1v) is 5.72. The van der Waals surface area contributed by atoms with Crippen molar-refractivity contribution < 1.29 is 9.94 Å². The van der Waals surface area contributed by atoms with Gasteiger partial charge in [-0.15, -0.1) is 0 Å². The average Bonchev–Trinajstić information content (AvgIpc) is 2.41. The Kier molecular flexibility index (Phi) is 3.82. The Hall–Kier alpha value is -2.34. The zero-order valence-electron chi connectivity index (χ0n) is 10.0. The van der Waals surface area contributed by atoms with E-state index >= 15 is 0 Å². The van der Waals surface area contributed by atoms with E-state index in [0.29, 0.717) is 10.8 Å². The van der Waals surface area contributed by atoms with Gasteiger partial charge in [0.25, 0.3) is 0 Å². The lowest BCUT2D eigenvalue weighted by atomic mass is 10.2. The zero-order chi connectivity index (χ0) is 13.8. The van der Waals surface area contributed by atoms with Gasteiger partial charge in [0, 0.05) is 12.4 Å². The van der Waals surface area contributed by atoms with Crippen LogP contribution in [0.5, 0.6) is 11.6 Å². The normalized spacial score (nSPS) is 11.4. The van der Waals surface area contributed by atoms with Crippen LogP contribution in [0.2, 0.25) is 5.02 Å². The van der Waals surface area contributed by atoms with Crippen LogP contribution in [0, 0.1) is 6.92 Å². The molecule has 0 aliphatic heterocycles. The summed E-state index contributed by atoms with van der Waals surface area (Å²) < 4.78 is 5.54. The standard InChI is InChI=1S/C12H11ClN4O2/c1-7-2-3-9(8(13)6-7)19-12-10(11(14)17-18)15-4-5-16-12/h2-6,18H,1H3,(H2,14,17). The Balaban J connectivity index is 2.38. The van der Waals surface area contributed by atoms with Crippen LogP contribution < -0.4 is 10.5 Å². The molecular formula is C12H11ClN4O2. The summed E-state index contributed by atoms with van der Waals surface area (Å²) in [5.74, 6) is 0.342. The van der Waals surface area contributed by atoms with Crippen LogP contribution in [0.1, 0.15) is 11.3 Å². The fourth-order valence-corrected chi connectivity index (χ4v) is 1.69. The van der Waals surface area contributed by atoms with Gasteiger partial charge in [-0.3, -0.25) is 0 Å². The second-order valence-corrected chi connectivity index (χ2v) is 4.14. The van der Waals surface area contributed by atoms with E-state index in [1.807, 2.05) is 13.0 Å². The van der Waals surface area contributed by atoms with Crippen molar-refractivity contribution in [2.24, 2.45) is 10.9 Å². The summed E-state index contributed by atoms with van der Waals surface area (Å²) in [6.45, 7) is 1.92. The average molecular weight is 279 g/mol. The molecule has 0 saturated carbocycles. The topological polar surface area (TPSA) is 93.6 Å². The predicted octanol–water partition coefficient (Wildman–Crippen LogP) is 2.33. The van der Waals surface area contributed by atoms with Gasteiger partial charge in [-0.25, -0.2) is 9.97 Å². The number of nitrogens with two attached hydrogens (primary N) is 1. The highest BCUT2D eigenvalue weighted by atomic mass is 35.5. The maximum Gasteiger partial charge on any atom is 0.249 e. The number of halogens is 1. The highest BCUT2D eigenvalue weighted by Crippen LogP contribution is 2.29. The van der Waals surface area contributed by atoms with Crippen LogP contribution in [0.25, 0.3) is 0 Å². The Morgan fingerprint density at radius 2 is 2.11 bits per heavy atom. The molecule has 1 aromatic heterocycles. The molecule has 0 fully saturated rings. The lowest BCUT2D eigenvalue weighted by molar-refractivity contribution is 0.318. The summed E-state index contributed by atoms with van der Waals surface area (Å²) >= 11 is 6.06. The number of aryl methyl sites for hydroxylation is 1. The van der Waals surface area contributed by atoms with Crippen molar-refractivity contribution in [1.29, 1.82) is 0 Å². The molecular weight excluding hydrogens is 268 g/mol. The highest BCUT2D eigenvalue weighted by Gasteiger charge is 2.13. The predicted molar refractivity (Wildman–Crippen MR) is 70.8 cm³/mol. The van der Waals surface area contributed by atoms with E-state index in [1.54, 1.807) is 12.1 Å². The molecule has 7 heteroatoms. The molecule has 0 unspecified atom stereocenters. The molecule has 0 spiro atoms. The summed E-state index contributed by atoms with van der Waals surface area (Å²) in [4.78, 5) is 7.94. The third-order valence-corrected chi connectivity index (χ3v) is 2.60. The largest absolute Gasteiger partial charge is 0.435 e. The minimum Gasteiger partial charge on any atom is -0.435 e. The Bertz CT molecular complexity index is 631. The van der Waals surface area contributed by atoms with Crippen LogP contribution >= 0.6 is 11.6 Å². The molecule has 6 nitrogen and oxygen atoms in total. The molecule has 0 bridgehead atoms. The minimum atomic E-state index is -0.189. The van der Waals surface area contributed by atoms with Gasteiger partial charge in [-0.05, 0) is 24.6 Å². The number of nitrogens with zero attached hydrogens (tertiary/aromatic N) is 3. The Morgan fingerprint density at radius 3 is 2.79 bits per heavy atom. The first-order chi connectivity index (χ1) is 9.11. The van der Waals surface area contributed by atoms with Gasteiger partial charge < -0.3 is 15.7 Å². The third kappa shape index (κ3) is 2.92. The summed E-state index contributed by atoms with van der Waals surface area (Å²) in [6, 6.07) is 5.32. The number of rotatable bonds is 3. The van der Waals surface area contributed by atoms with Crippen molar-refractivity contribution >= 4 is 17.4 Å². The fraction of sp³-hybridized carbons (Fsp3) is 0.0833. The quantitative estimate of drug-likeness (QED) is 0.389. The molecule has 19 heavy (non-hydrogen) atoms. The van der Waals surface area contributed by atoms with E-state index in [-0.39, 0.29) is 17.4 Å². The van der Waals surface area contributed by atoms with Gasteiger partial charge in [0.05, 0.1) is 5.02 Å². The summed E-state index contributed by atoms with van der Waals surface area (Å²) in [5.41, 5.74) is 6.64. The lowest BCUT2D eigenvalue weighted by Crippen LogP contribution is -2.16. The molecule has 0 radical (unpaired) electrons. The summed E-state index contributed by atoms with van der Waals surface area (Å²) in [6.07, 6.45) is 2.85. The van der Waals surface area contributed by atoms with Crippen molar-refractivity contribution in [2.75, 3.05) is 0 Å². The molecule has 0 aliphatic carbocycles. The van der Waals surface area contributed by atoms with Gasteiger partial charge in [-0.1, -0.05) is 22.8 Å². The van der Waals surface area contributed by atoms with E-state index in [1.165, 1.54) is 12.4 Å². The molecule has 1 aromatic carbocycles. The molecule has 3 N–H and O–H groups in total. The number of benzene rings is 1. The first kappa shape index (κ1) is 13.1. The van der Waals surface area contributed by atoms with Crippen molar-refractivity contribution in [3.63, 3.8) is 0 Å². The van der Waals surface area contributed by atoms with Gasteiger partial charge in [-0.2, -0.15) is 0 Å².